The molecule has 0 radical (unpaired) electrons. The van der Waals surface area contributed by atoms with E-state index in [4.69, 9.17) is 4.42 Å². The highest BCUT2D eigenvalue weighted by molar-refractivity contribution is 6.15. The van der Waals surface area contributed by atoms with Gasteiger partial charge >= 0.3 is 0 Å². The van der Waals surface area contributed by atoms with Crippen LogP contribution in [0.2, 0.25) is 0 Å². The van der Waals surface area contributed by atoms with Crippen LogP contribution in [-0.4, -0.2) is 4.57 Å². The van der Waals surface area contributed by atoms with E-state index in [2.05, 4.69) is 191 Å². The van der Waals surface area contributed by atoms with Crippen LogP contribution in [0.25, 0.3) is 82.1 Å². The van der Waals surface area contributed by atoms with Gasteiger partial charge in [-0.05, 0) is 100 Å². The molecule has 0 bridgehead atoms. The minimum absolute atomic E-state index is 0.887. The van der Waals surface area contributed by atoms with Gasteiger partial charge in [0.25, 0.3) is 0 Å². The fourth-order valence-corrected chi connectivity index (χ4v) is 8.31. The summed E-state index contributed by atoms with van der Waals surface area (Å²) in [6, 6.07) is 69.8. The van der Waals surface area contributed by atoms with E-state index in [1.807, 2.05) is 12.1 Å². The zero-order valence-corrected chi connectivity index (χ0v) is 28.8. The first-order valence-electron chi connectivity index (χ1n) is 18.1. The second kappa shape index (κ2) is 11.7. The summed E-state index contributed by atoms with van der Waals surface area (Å²) in [7, 11) is 0. The molecule has 0 aliphatic rings. The summed E-state index contributed by atoms with van der Waals surface area (Å²) >= 11 is 0. The van der Waals surface area contributed by atoms with Gasteiger partial charge in [-0.1, -0.05) is 121 Å². The van der Waals surface area contributed by atoms with Crippen molar-refractivity contribution >= 4 is 82.4 Å². The van der Waals surface area contributed by atoms with Crippen LogP contribution in [0.3, 0.4) is 0 Å². The maximum Gasteiger partial charge on any atom is 0.135 e. The molecule has 0 amide bonds. The Kier molecular flexibility index (Phi) is 6.55. The van der Waals surface area contributed by atoms with Crippen molar-refractivity contribution in [2.45, 2.75) is 0 Å². The quantitative estimate of drug-likeness (QED) is 0.169. The number of hydrogen-bond donors (Lipinski definition) is 0. The minimum atomic E-state index is 0.887. The zero-order chi connectivity index (χ0) is 34.9. The van der Waals surface area contributed by atoms with Crippen LogP contribution in [0.4, 0.5) is 17.1 Å². The molecule has 0 saturated carbocycles. The van der Waals surface area contributed by atoms with Crippen LogP contribution >= 0.6 is 0 Å². The number of hydrogen-bond acceptors (Lipinski definition) is 2. The Hall–Kier alpha value is -7.10. The summed E-state index contributed by atoms with van der Waals surface area (Å²) in [5.74, 6) is 0. The van der Waals surface area contributed by atoms with Crippen LogP contribution in [0.5, 0.6) is 0 Å². The van der Waals surface area contributed by atoms with Crippen molar-refractivity contribution in [2.75, 3.05) is 4.90 Å². The monoisotopic (exact) mass is 676 g/mol. The Labute approximate surface area is 306 Å². The van der Waals surface area contributed by atoms with Gasteiger partial charge in [0.1, 0.15) is 11.2 Å². The molecule has 0 fully saturated rings. The Morgan fingerprint density at radius 1 is 0.358 bits per heavy atom. The van der Waals surface area contributed by atoms with Crippen molar-refractivity contribution in [3.63, 3.8) is 0 Å². The summed E-state index contributed by atoms with van der Waals surface area (Å²) in [6.45, 7) is 0. The maximum absolute atomic E-state index is 6.26. The minimum Gasteiger partial charge on any atom is -0.456 e. The van der Waals surface area contributed by atoms with Gasteiger partial charge in [0.15, 0.2) is 0 Å². The lowest BCUT2D eigenvalue weighted by Gasteiger charge is -2.28. The normalized spacial score (nSPS) is 11.8. The number of rotatable bonds is 5. The van der Waals surface area contributed by atoms with Crippen molar-refractivity contribution < 1.29 is 4.42 Å². The number of para-hydroxylation sites is 3. The van der Waals surface area contributed by atoms with E-state index >= 15 is 0 Å². The van der Waals surface area contributed by atoms with E-state index in [0.717, 1.165) is 39.0 Å². The van der Waals surface area contributed by atoms with Crippen molar-refractivity contribution in [3.8, 4) is 16.8 Å². The van der Waals surface area contributed by atoms with Crippen molar-refractivity contribution in [1.82, 2.24) is 4.57 Å². The molecule has 9 aromatic carbocycles. The molecule has 0 atom stereocenters. The predicted molar refractivity (Wildman–Crippen MR) is 223 cm³/mol. The van der Waals surface area contributed by atoms with Gasteiger partial charge in [0.05, 0.1) is 16.7 Å². The summed E-state index contributed by atoms with van der Waals surface area (Å²) in [4.78, 5) is 2.40. The van der Waals surface area contributed by atoms with E-state index in [0.29, 0.717) is 0 Å². The molecule has 248 valence electrons. The molecule has 0 aliphatic heterocycles. The van der Waals surface area contributed by atoms with Gasteiger partial charge in [-0.3, -0.25) is 0 Å². The van der Waals surface area contributed by atoms with Crippen LogP contribution in [0.15, 0.2) is 199 Å². The number of furan rings is 1. The third-order valence-electron chi connectivity index (χ3n) is 10.8. The Morgan fingerprint density at radius 2 is 0.981 bits per heavy atom. The molecule has 0 saturated heterocycles. The Morgan fingerprint density at radius 3 is 1.83 bits per heavy atom. The lowest BCUT2D eigenvalue weighted by atomic mass is 9.98. The molecule has 3 heteroatoms. The van der Waals surface area contributed by atoms with Crippen LogP contribution in [0.1, 0.15) is 0 Å². The van der Waals surface area contributed by atoms with Gasteiger partial charge in [-0.25, -0.2) is 0 Å². The molecule has 0 spiro atoms. The number of nitrogens with zero attached hydrogens (tertiary/aromatic N) is 2. The molecule has 0 N–H and O–H groups in total. The Balaban J connectivity index is 1.09. The maximum atomic E-state index is 6.26. The molecule has 11 aromatic rings. The highest BCUT2D eigenvalue weighted by atomic mass is 16.3. The largest absolute Gasteiger partial charge is 0.456 e. The van der Waals surface area contributed by atoms with E-state index in [1.54, 1.807) is 0 Å². The second-order valence-electron chi connectivity index (χ2n) is 13.7. The number of benzene rings is 9. The van der Waals surface area contributed by atoms with E-state index in [1.165, 1.54) is 60.2 Å². The summed E-state index contributed by atoms with van der Waals surface area (Å²) < 4.78 is 8.62. The molecule has 11 rings (SSSR count). The summed E-state index contributed by atoms with van der Waals surface area (Å²) in [5.41, 5.74) is 11.0. The first kappa shape index (κ1) is 29.6. The average Bonchev–Trinajstić information content (AvgIpc) is 3.77. The van der Waals surface area contributed by atoms with Gasteiger partial charge in [-0.2, -0.15) is 0 Å². The van der Waals surface area contributed by atoms with Crippen LogP contribution < -0.4 is 4.90 Å². The molecule has 53 heavy (non-hydrogen) atoms. The molecule has 0 aliphatic carbocycles. The van der Waals surface area contributed by atoms with Gasteiger partial charge < -0.3 is 13.9 Å². The van der Waals surface area contributed by atoms with E-state index < -0.39 is 0 Å². The third-order valence-corrected chi connectivity index (χ3v) is 10.8. The zero-order valence-electron chi connectivity index (χ0n) is 28.8. The van der Waals surface area contributed by atoms with E-state index in [-0.39, 0.29) is 0 Å². The smallest absolute Gasteiger partial charge is 0.135 e. The number of anilines is 3. The fraction of sp³-hybridized carbons (Fsp3) is 0. The Bertz CT molecular complexity index is 3170. The number of aromatic nitrogens is 1. The highest BCUT2D eigenvalue weighted by Gasteiger charge is 2.20. The lowest BCUT2D eigenvalue weighted by Crippen LogP contribution is -2.10. The number of fused-ring (bicyclic) bond motifs is 9. The van der Waals surface area contributed by atoms with Gasteiger partial charge in [0.2, 0.25) is 0 Å². The topological polar surface area (TPSA) is 21.3 Å². The molecule has 2 heterocycles. The van der Waals surface area contributed by atoms with Crippen LogP contribution in [-0.2, 0) is 0 Å². The molecular formula is C50H32N2O. The lowest BCUT2D eigenvalue weighted by molar-refractivity contribution is 0.669. The van der Waals surface area contributed by atoms with Gasteiger partial charge in [-0.15, -0.1) is 0 Å². The first-order valence-corrected chi connectivity index (χ1v) is 18.1. The van der Waals surface area contributed by atoms with Crippen molar-refractivity contribution in [1.29, 1.82) is 0 Å². The molecular weight excluding hydrogens is 645 g/mol. The third kappa shape index (κ3) is 4.68. The predicted octanol–water partition coefficient (Wildman–Crippen LogP) is 14.1. The molecule has 0 unspecified atom stereocenters. The molecule has 2 aromatic heterocycles. The SMILES string of the molecule is c1ccc(-n2c3ccccc3c3cc(-c4ccc(N(c5ccc6oc7ccccc7c6c5)c5cc6ccccc6c6ccccc56)cc4)ccc32)cc1. The highest BCUT2D eigenvalue weighted by Crippen LogP contribution is 2.44. The van der Waals surface area contributed by atoms with Crippen LogP contribution in [0, 0.1) is 0 Å². The second-order valence-corrected chi connectivity index (χ2v) is 13.7. The summed E-state index contributed by atoms with van der Waals surface area (Å²) in [5, 5.41) is 9.62. The fourth-order valence-electron chi connectivity index (χ4n) is 8.31. The summed E-state index contributed by atoms with van der Waals surface area (Å²) in [6.07, 6.45) is 0. The van der Waals surface area contributed by atoms with Crippen molar-refractivity contribution in [3.05, 3.63) is 194 Å². The van der Waals surface area contributed by atoms with Gasteiger partial charge in [0, 0.05) is 44.0 Å². The standard InChI is InChI=1S/C50H32N2O/c1-2-13-36(14-3-1)52-46-20-10-8-18-42(46)44-30-34(24-28-47(44)52)33-22-25-37(26-23-33)51(38-27-29-50-45(32-38)43-19-9-11-21-49(43)53-50)48-31-35-12-4-5-15-39(35)40-16-6-7-17-41(40)48/h1-32H. The first-order chi connectivity index (χ1) is 26.3. The molecule has 3 nitrogen and oxygen atoms in total. The average molecular weight is 677 g/mol. The van der Waals surface area contributed by atoms with Crippen molar-refractivity contribution in [2.24, 2.45) is 0 Å². The van der Waals surface area contributed by atoms with E-state index in [9.17, 15) is 0 Å².